The van der Waals surface area contributed by atoms with Gasteiger partial charge in [-0.05, 0) is 29.4 Å². The second kappa shape index (κ2) is 3.88. The van der Waals surface area contributed by atoms with Crippen LogP contribution < -0.4 is 5.32 Å². The number of H-pyrrole nitrogens is 1. The Morgan fingerprint density at radius 1 is 1.64 bits per heavy atom. The summed E-state index contributed by atoms with van der Waals surface area (Å²) in [5.41, 5.74) is 1.16. The minimum atomic E-state index is 0.790. The van der Waals surface area contributed by atoms with E-state index < -0.39 is 0 Å². The van der Waals surface area contributed by atoms with E-state index in [1.54, 1.807) is 0 Å². The van der Waals surface area contributed by atoms with Gasteiger partial charge in [-0.2, -0.15) is 0 Å². The molecule has 0 bridgehead atoms. The third-order valence-corrected chi connectivity index (χ3v) is 2.13. The van der Waals surface area contributed by atoms with Gasteiger partial charge in [0, 0.05) is 5.69 Å². The Bertz CT molecular complexity index is 232. The van der Waals surface area contributed by atoms with E-state index in [4.69, 9.17) is 0 Å². The minimum absolute atomic E-state index is 0.790. The summed E-state index contributed by atoms with van der Waals surface area (Å²) in [5, 5.41) is 3.03. The van der Waals surface area contributed by atoms with Crippen molar-refractivity contribution >= 4 is 15.9 Å². The van der Waals surface area contributed by atoms with E-state index in [1.807, 2.05) is 7.05 Å². The van der Waals surface area contributed by atoms with Crippen molar-refractivity contribution in [3.8, 4) is 0 Å². The van der Waals surface area contributed by atoms with E-state index >= 15 is 0 Å². The van der Waals surface area contributed by atoms with Crippen molar-refractivity contribution in [1.29, 1.82) is 0 Å². The van der Waals surface area contributed by atoms with Gasteiger partial charge in [0.05, 0.1) is 6.54 Å². The van der Waals surface area contributed by atoms with Crippen LogP contribution in [0.5, 0.6) is 0 Å². The maximum absolute atomic E-state index is 4.27. The van der Waals surface area contributed by atoms with Crippen molar-refractivity contribution in [1.82, 2.24) is 15.3 Å². The van der Waals surface area contributed by atoms with Crippen LogP contribution in [0, 0.1) is 0 Å². The first-order chi connectivity index (χ1) is 5.27. The Labute approximate surface area is 74.7 Å². The monoisotopic (exact) mass is 217 g/mol. The highest BCUT2D eigenvalue weighted by Crippen LogP contribution is 2.13. The largest absolute Gasteiger partial charge is 0.344 e. The molecule has 0 atom stereocenters. The van der Waals surface area contributed by atoms with Crippen LogP contribution in [0.3, 0.4) is 0 Å². The summed E-state index contributed by atoms with van der Waals surface area (Å²) in [6.45, 7) is 2.89. The van der Waals surface area contributed by atoms with E-state index in [1.165, 1.54) is 0 Å². The normalized spacial score (nSPS) is 10.5. The first-order valence-corrected chi connectivity index (χ1v) is 4.45. The third kappa shape index (κ3) is 2.04. The van der Waals surface area contributed by atoms with Gasteiger partial charge in [0.15, 0.2) is 0 Å². The van der Waals surface area contributed by atoms with E-state index in [2.05, 4.69) is 38.1 Å². The lowest BCUT2D eigenvalue weighted by molar-refractivity contribution is 0.768. The van der Waals surface area contributed by atoms with Crippen LogP contribution in [0.15, 0.2) is 4.60 Å². The molecule has 62 valence electrons. The molecule has 1 aromatic heterocycles. The molecule has 0 spiro atoms. The van der Waals surface area contributed by atoms with Gasteiger partial charge < -0.3 is 10.3 Å². The molecule has 0 saturated carbocycles. The van der Waals surface area contributed by atoms with Gasteiger partial charge in [-0.3, -0.25) is 0 Å². The van der Waals surface area contributed by atoms with Gasteiger partial charge in [0.1, 0.15) is 10.4 Å². The van der Waals surface area contributed by atoms with E-state index in [0.717, 1.165) is 29.1 Å². The van der Waals surface area contributed by atoms with Crippen LogP contribution in [-0.2, 0) is 13.0 Å². The molecule has 3 nitrogen and oxygen atoms in total. The maximum atomic E-state index is 4.27. The number of halogens is 1. The molecule has 2 N–H and O–H groups in total. The van der Waals surface area contributed by atoms with Crippen molar-refractivity contribution < 1.29 is 0 Å². The molecule has 4 heteroatoms. The van der Waals surface area contributed by atoms with Crippen molar-refractivity contribution in [2.45, 2.75) is 19.9 Å². The lowest BCUT2D eigenvalue weighted by Gasteiger charge is -1.91. The van der Waals surface area contributed by atoms with Crippen LogP contribution in [0.4, 0.5) is 0 Å². The van der Waals surface area contributed by atoms with Gasteiger partial charge in [-0.25, -0.2) is 4.98 Å². The smallest absolute Gasteiger partial charge is 0.127 e. The molecule has 0 saturated heterocycles. The molecule has 1 heterocycles. The molecule has 0 unspecified atom stereocenters. The minimum Gasteiger partial charge on any atom is -0.344 e. The van der Waals surface area contributed by atoms with Crippen LogP contribution in [-0.4, -0.2) is 17.0 Å². The van der Waals surface area contributed by atoms with Crippen molar-refractivity contribution in [2.75, 3.05) is 7.05 Å². The molecule has 0 aliphatic carbocycles. The standard InChI is InChI=1S/C7H12BrN3/c1-3-5-7(8)11-6(10-5)4-9-2/h9H,3-4H2,1-2H3,(H,10,11). The molecule has 0 amide bonds. The number of hydrogen-bond acceptors (Lipinski definition) is 2. The molecule has 0 aliphatic heterocycles. The first kappa shape index (κ1) is 8.74. The van der Waals surface area contributed by atoms with E-state index in [0.29, 0.717) is 0 Å². The number of nitrogens with zero attached hydrogens (tertiary/aromatic N) is 1. The topological polar surface area (TPSA) is 40.7 Å². The van der Waals surface area contributed by atoms with E-state index in [-0.39, 0.29) is 0 Å². The molecule has 0 fully saturated rings. The molecule has 0 aromatic carbocycles. The summed E-state index contributed by atoms with van der Waals surface area (Å²) >= 11 is 3.38. The fourth-order valence-electron chi connectivity index (χ4n) is 0.925. The van der Waals surface area contributed by atoms with Crippen molar-refractivity contribution in [2.24, 2.45) is 0 Å². The molecule has 1 aromatic rings. The fourth-order valence-corrected chi connectivity index (χ4v) is 1.52. The Hall–Kier alpha value is -0.350. The van der Waals surface area contributed by atoms with Gasteiger partial charge in [0.25, 0.3) is 0 Å². The number of imidazole rings is 1. The Morgan fingerprint density at radius 2 is 2.36 bits per heavy atom. The summed E-state index contributed by atoms with van der Waals surface area (Å²) in [4.78, 5) is 7.48. The number of aryl methyl sites for hydroxylation is 1. The second-order valence-corrected chi connectivity index (χ2v) is 3.09. The number of aromatic amines is 1. The summed E-state index contributed by atoms with van der Waals surface area (Å²) in [7, 11) is 1.90. The highest BCUT2D eigenvalue weighted by Gasteiger charge is 2.03. The lowest BCUT2D eigenvalue weighted by atomic mass is 10.4. The predicted molar refractivity (Wildman–Crippen MR) is 48.4 cm³/mol. The number of hydrogen-bond donors (Lipinski definition) is 2. The molecule has 11 heavy (non-hydrogen) atoms. The zero-order chi connectivity index (χ0) is 8.27. The fraction of sp³-hybridized carbons (Fsp3) is 0.571. The van der Waals surface area contributed by atoms with Crippen LogP contribution in [0.2, 0.25) is 0 Å². The summed E-state index contributed by atoms with van der Waals surface area (Å²) in [5.74, 6) is 0.983. The highest BCUT2D eigenvalue weighted by atomic mass is 79.9. The molecular formula is C7H12BrN3. The maximum Gasteiger partial charge on any atom is 0.127 e. The zero-order valence-corrected chi connectivity index (χ0v) is 8.33. The van der Waals surface area contributed by atoms with E-state index in [9.17, 15) is 0 Å². The third-order valence-electron chi connectivity index (χ3n) is 1.48. The van der Waals surface area contributed by atoms with Crippen molar-refractivity contribution in [3.05, 3.63) is 16.1 Å². The summed E-state index contributed by atoms with van der Waals surface area (Å²) in [6.07, 6.45) is 0.983. The van der Waals surface area contributed by atoms with Gasteiger partial charge >= 0.3 is 0 Å². The van der Waals surface area contributed by atoms with Crippen LogP contribution >= 0.6 is 15.9 Å². The second-order valence-electron chi connectivity index (χ2n) is 2.34. The highest BCUT2D eigenvalue weighted by molar-refractivity contribution is 9.10. The average Bonchev–Trinajstić information content (AvgIpc) is 2.32. The Balaban J connectivity index is 2.77. The quantitative estimate of drug-likeness (QED) is 0.806. The summed E-state index contributed by atoms with van der Waals surface area (Å²) < 4.78 is 0.935. The Kier molecular flexibility index (Phi) is 3.08. The van der Waals surface area contributed by atoms with Gasteiger partial charge in [0.2, 0.25) is 0 Å². The number of nitrogens with one attached hydrogen (secondary N) is 2. The number of rotatable bonds is 3. The molecule has 0 aliphatic rings. The first-order valence-electron chi connectivity index (χ1n) is 3.65. The lowest BCUT2D eigenvalue weighted by Crippen LogP contribution is -2.06. The predicted octanol–water partition coefficient (Wildman–Crippen LogP) is 1.45. The molecular weight excluding hydrogens is 206 g/mol. The zero-order valence-electron chi connectivity index (χ0n) is 6.74. The van der Waals surface area contributed by atoms with Gasteiger partial charge in [-0.1, -0.05) is 6.92 Å². The van der Waals surface area contributed by atoms with Crippen molar-refractivity contribution in [3.63, 3.8) is 0 Å². The van der Waals surface area contributed by atoms with Gasteiger partial charge in [-0.15, -0.1) is 0 Å². The van der Waals surface area contributed by atoms with Crippen LogP contribution in [0.25, 0.3) is 0 Å². The Morgan fingerprint density at radius 3 is 2.82 bits per heavy atom. The summed E-state index contributed by atoms with van der Waals surface area (Å²) in [6, 6.07) is 0. The molecule has 0 radical (unpaired) electrons. The molecule has 1 rings (SSSR count). The average molecular weight is 218 g/mol. The number of aromatic nitrogens is 2. The SMILES string of the molecule is CCc1[nH]c(CNC)nc1Br. The van der Waals surface area contributed by atoms with Crippen LogP contribution in [0.1, 0.15) is 18.4 Å².